The van der Waals surface area contributed by atoms with Gasteiger partial charge in [0.1, 0.15) is 22.7 Å². The van der Waals surface area contributed by atoms with Crippen molar-refractivity contribution in [1.82, 2.24) is 15.3 Å². The molecule has 0 saturated heterocycles. The van der Waals surface area contributed by atoms with Crippen molar-refractivity contribution in [2.75, 3.05) is 13.7 Å². The first-order valence-corrected chi connectivity index (χ1v) is 10.1. The molecule has 1 atom stereocenters. The number of carbonyl (C=O) groups is 2. The van der Waals surface area contributed by atoms with Crippen LogP contribution in [0.4, 0.5) is 17.6 Å². The Labute approximate surface area is 195 Å². The quantitative estimate of drug-likeness (QED) is 0.429. The average molecular weight is 491 g/mol. The zero-order valence-corrected chi connectivity index (χ0v) is 18.1. The Morgan fingerprint density at radius 1 is 1.11 bits per heavy atom. The van der Waals surface area contributed by atoms with Crippen molar-refractivity contribution in [2.24, 2.45) is 0 Å². The number of alkyl halides is 3. The zero-order valence-electron chi connectivity index (χ0n) is 18.1. The maximum atomic E-state index is 14.7. The summed E-state index contributed by atoms with van der Waals surface area (Å²) in [6.07, 6.45) is -2.34. The third kappa shape index (κ3) is 4.86. The number of halogens is 4. The number of nitrogens with one attached hydrogen (secondary N) is 1. The third-order valence-corrected chi connectivity index (χ3v) is 5.30. The molecule has 0 radical (unpaired) electrons. The molecule has 1 aliphatic rings. The Hall–Kier alpha value is -4.22. The maximum Gasteiger partial charge on any atom is 0.573 e. The number of amides is 1. The van der Waals surface area contributed by atoms with Crippen molar-refractivity contribution in [3.8, 4) is 11.5 Å². The molecule has 0 aliphatic carbocycles. The molecule has 12 heteroatoms. The number of hydrogen-bond acceptors (Lipinski definition) is 7. The Kier molecular flexibility index (Phi) is 6.29. The van der Waals surface area contributed by atoms with Crippen molar-refractivity contribution >= 4 is 11.9 Å². The van der Waals surface area contributed by atoms with Crippen molar-refractivity contribution in [3.05, 3.63) is 83.2 Å². The summed E-state index contributed by atoms with van der Waals surface area (Å²) in [5.74, 6) is -3.44. The molecule has 182 valence electrons. The van der Waals surface area contributed by atoms with Crippen LogP contribution in [-0.4, -0.2) is 41.9 Å². The number of carbonyl (C=O) groups excluding carboxylic acids is 2. The van der Waals surface area contributed by atoms with Crippen LogP contribution in [0.25, 0.3) is 0 Å². The summed E-state index contributed by atoms with van der Waals surface area (Å²) < 4.78 is 66.5. The molecule has 1 aromatic carbocycles. The summed E-state index contributed by atoms with van der Waals surface area (Å²) in [7, 11) is 1.18. The zero-order chi connectivity index (χ0) is 25.2. The van der Waals surface area contributed by atoms with Crippen LogP contribution in [0.5, 0.6) is 11.5 Å². The minimum absolute atomic E-state index is 0.0678. The van der Waals surface area contributed by atoms with Crippen LogP contribution in [0, 0.1) is 5.82 Å². The van der Waals surface area contributed by atoms with Crippen molar-refractivity contribution in [1.29, 1.82) is 0 Å². The number of nitrogens with zero attached hydrogens (tertiary/aromatic N) is 2. The van der Waals surface area contributed by atoms with E-state index in [0.29, 0.717) is 5.75 Å². The summed E-state index contributed by atoms with van der Waals surface area (Å²) >= 11 is 0. The number of ether oxygens (including phenoxy) is 3. The van der Waals surface area contributed by atoms with Gasteiger partial charge >= 0.3 is 12.3 Å². The van der Waals surface area contributed by atoms with E-state index in [4.69, 9.17) is 4.74 Å². The van der Waals surface area contributed by atoms with Crippen molar-refractivity contribution in [3.63, 3.8) is 0 Å². The normalized spacial score (nSPS) is 17.1. The molecule has 35 heavy (non-hydrogen) atoms. The Morgan fingerprint density at radius 3 is 2.63 bits per heavy atom. The van der Waals surface area contributed by atoms with Crippen molar-refractivity contribution in [2.45, 2.75) is 18.3 Å². The molecule has 1 unspecified atom stereocenters. The second-order valence-electron chi connectivity index (χ2n) is 7.42. The number of hydrogen-bond donors (Lipinski definition) is 1. The van der Waals surface area contributed by atoms with E-state index in [-0.39, 0.29) is 35.5 Å². The van der Waals surface area contributed by atoms with E-state index in [9.17, 15) is 27.2 Å². The fraction of sp³-hybridized carbons (Fsp3) is 0.217. The molecule has 1 N–H and O–H groups in total. The molecular weight excluding hydrogens is 474 g/mol. The number of methoxy groups -OCH3 is 1. The van der Waals surface area contributed by atoms with Crippen LogP contribution >= 0.6 is 0 Å². The highest BCUT2D eigenvalue weighted by Crippen LogP contribution is 2.42. The molecule has 0 fully saturated rings. The lowest BCUT2D eigenvalue weighted by molar-refractivity contribution is -0.275. The standard InChI is InChI=1S/C23H17F4N3O5/c1-33-21(32)13-6-9-28-16(11-13)20(31)30-22(7-10-34-18-3-2-8-29-19(18)22)14-4-5-17(15(24)12-14)35-23(25,26)27/h2-6,8-9,11-12H,7,10H2,1H3,(H,30,31). The van der Waals surface area contributed by atoms with E-state index in [2.05, 4.69) is 24.8 Å². The molecule has 0 saturated carbocycles. The van der Waals surface area contributed by atoms with Gasteiger partial charge < -0.3 is 19.5 Å². The number of rotatable bonds is 5. The number of aromatic nitrogens is 2. The van der Waals surface area contributed by atoms with Gasteiger partial charge in [0, 0.05) is 18.8 Å². The molecule has 0 spiro atoms. The number of pyridine rings is 2. The predicted molar refractivity (Wildman–Crippen MR) is 111 cm³/mol. The van der Waals surface area contributed by atoms with Crippen LogP contribution < -0.4 is 14.8 Å². The van der Waals surface area contributed by atoms with Crippen LogP contribution in [0.1, 0.15) is 38.5 Å². The number of fused-ring (bicyclic) bond motifs is 1. The highest BCUT2D eigenvalue weighted by atomic mass is 19.4. The van der Waals surface area contributed by atoms with Gasteiger partial charge in [0.25, 0.3) is 5.91 Å². The Bertz CT molecular complexity index is 1280. The summed E-state index contributed by atoms with van der Waals surface area (Å²) in [5, 5.41) is 2.77. The minimum atomic E-state index is -5.09. The predicted octanol–water partition coefficient (Wildman–Crippen LogP) is 3.76. The van der Waals surface area contributed by atoms with E-state index in [1.165, 1.54) is 37.7 Å². The fourth-order valence-electron chi connectivity index (χ4n) is 3.77. The minimum Gasteiger partial charge on any atom is -0.491 e. The fourth-order valence-corrected chi connectivity index (χ4v) is 3.77. The molecule has 0 bridgehead atoms. The van der Waals surface area contributed by atoms with Crippen LogP contribution in [0.15, 0.2) is 54.9 Å². The lowest BCUT2D eigenvalue weighted by Crippen LogP contribution is -2.50. The lowest BCUT2D eigenvalue weighted by atomic mass is 9.81. The first-order valence-electron chi connectivity index (χ1n) is 10.1. The van der Waals surface area contributed by atoms with Crippen molar-refractivity contribution < 1.29 is 41.4 Å². The van der Waals surface area contributed by atoms with E-state index >= 15 is 0 Å². The summed E-state index contributed by atoms with van der Waals surface area (Å²) in [4.78, 5) is 33.4. The average Bonchev–Trinajstić information content (AvgIpc) is 2.84. The van der Waals surface area contributed by atoms with E-state index < -0.39 is 35.3 Å². The molecule has 4 rings (SSSR count). The topological polar surface area (TPSA) is 99.6 Å². The van der Waals surface area contributed by atoms with Crippen LogP contribution in [0.3, 0.4) is 0 Å². The summed E-state index contributed by atoms with van der Waals surface area (Å²) in [6, 6.07) is 8.62. The van der Waals surface area contributed by atoms with Crippen LogP contribution in [0.2, 0.25) is 0 Å². The summed E-state index contributed by atoms with van der Waals surface area (Å²) in [5.41, 5.74) is -1.24. The molecule has 1 aliphatic heterocycles. The lowest BCUT2D eigenvalue weighted by Gasteiger charge is -2.39. The van der Waals surface area contributed by atoms with Gasteiger partial charge in [-0.15, -0.1) is 13.2 Å². The molecule has 2 aromatic heterocycles. The second-order valence-corrected chi connectivity index (χ2v) is 7.42. The summed E-state index contributed by atoms with van der Waals surface area (Å²) in [6.45, 7) is 0.0804. The first-order chi connectivity index (χ1) is 16.6. The van der Waals surface area contributed by atoms with Crippen LogP contribution in [-0.2, 0) is 10.3 Å². The molecule has 8 nitrogen and oxygen atoms in total. The first kappa shape index (κ1) is 23.9. The Balaban J connectivity index is 1.79. The van der Waals surface area contributed by atoms with E-state index in [1.807, 2.05) is 0 Å². The number of esters is 1. The Morgan fingerprint density at radius 2 is 1.91 bits per heavy atom. The largest absolute Gasteiger partial charge is 0.573 e. The smallest absolute Gasteiger partial charge is 0.491 e. The van der Waals surface area contributed by atoms with Gasteiger partial charge in [-0.1, -0.05) is 6.07 Å². The van der Waals surface area contributed by atoms with Gasteiger partial charge in [-0.05, 0) is 42.0 Å². The second kappa shape index (κ2) is 9.20. The molecule has 3 heterocycles. The third-order valence-electron chi connectivity index (χ3n) is 5.30. The highest BCUT2D eigenvalue weighted by molar-refractivity contribution is 5.97. The van der Waals surface area contributed by atoms with E-state index in [1.54, 1.807) is 12.1 Å². The molecule has 3 aromatic rings. The van der Waals surface area contributed by atoms with Gasteiger partial charge in [-0.25, -0.2) is 9.18 Å². The molecular formula is C23H17F4N3O5. The number of benzene rings is 1. The van der Waals surface area contributed by atoms with Gasteiger partial charge in [0.05, 0.1) is 19.3 Å². The van der Waals surface area contributed by atoms with Gasteiger partial charge in [0.2, 0.25) is 0 Å². The van der Waals surface area contributed by atoms with E-state index in [0.717, 1.165) is 12.1 Å². The monoisotopic (exact) mass is 491 g/mol. The van der Waals surface area contributed by atoms with Gasteiger partial charge in [0.15, 0.2) is 11.6 Å². The van der Waals surface area contributed by atoms with Gasteiger partial charge in [-0.2, -0.15) is 0 Å². The SMILES string of the molecule is COC(=O)c1ccnc(C(=O)NC2(c3ccc(OC(F)(F)F)c(F)c3)CCOc3cccnc32)c1. The highest BCUT2D eigenvalue weighted by Gasteiger charge is 2.43. The molecule has 1 amide bonds. The van der Waals surface area contributed by atoms with Gasteiger partial charge in [-0.3, -0.25) is 14.8 Å². The maximum absolute atomic E-state index is 14.7.